The molecular formula is C20H20N2O2. The topological polar surface area (TPSA) is 48.2 Å². The molecule has 4 nitrogen and oxygen atoms in total. The molecule has 2 aromatic carbocycles. The van der Waals surface area contributed by atoms with Crippen LogP contribution in [0.5, 0.6) is 5.75 Å². The molecule has 1 aliphatic rings. The fourth-order valence-corrected chi connectivity index (χ4v) is 3.11. The first-order valence-corrected chi connectivity index (χ1v) is 8.51. The lowest BCUT2D eigenvalue weighted by atomic mass is 9.92. The third-order valence-corrected chi connectivity index (χ3v) is 4.39. The zero-order valence-electron chi connectivity index (χ0n) is 13.6. The smallest absolute Gasteiger partial charge is 0.247 e. The number of aromatic nitrogens is 2. The summed E-state index contributed by atoms with van der Waals surface area (Å²) >= 11 is 0. The first-order chi connectivity index (χ1) is 11.9. The van der Waals surface area contributed by atoms with Gasteiger partial charge in [0.15, 0.2) is 0 Å². The molecule has 0 bridgehead atoms. The van der Waals surface area contributed by atoms with Gasteiger partial charge in [-0.2, -0.15) is 0 Å². The Morgan fingerprint density at radius 1 is 0.917 bits per heavy atom. The fraction of sp³-hybridized carbons (Fsp3) is 0.300. The average molecular weight is 320 g/mol. The van der Waals surface area contributed by atoms with Gasteiger partial charge < -0.3 is 9.15 Å². The summed E-state index contributed by atoms with van der Waals surface area (Å²) in [4.78, 5) is 0. The molecule has 24 heavy (non-hydrogen) atoms. The number of hydrogen-bond acceptors (Lipinski definition) is 4. The number of rotatable bonds is 5. The van der Waals surface area contributed by atoms with E-state index in [4.69, 9.17) is 9.15 Å². The second-order valence-electron chi connectivity index (χ2n) is 6.10. The van der Waals surface area contributed by atoms with Gasteiger partial charge in [0.2, 0.25) is 11.8 Å². The molecule has 4 heteroatoms. The van der Waals surface area contributed by atoms with E-state index in [9.17, 15) is 0 Å². The third-order valence-electron chi connectivity index (χ3n) is 4.39. The van der Waals surface area contributed by atoms with Crippen molar-refractivity contribution in [3.63, 3.8) is 0 Å². The summed E-state index contributed by atoms with van der Waals surface area (Å²) in [6, 6.07) is 16.2. The van der Waals surface area contributed by atoms with Crippen LogP contribution in [0.1, 0.15) is 29.9 Å². The SMILES string of the molecule is c1ccc(-c2nnc(CCOc3ccc4c(c3)CCCC4)o2)cc1. The Balaban J connectivity index is 1.35. The van der Waals surface area contributed by atoms with Crippen molar-refractivity contribution in [1.82, 2.24) is 10.2 Å². The van der Waals surface area contributed by atoms with Crippen molar-refractivity contribution in [2.45, 2.75) is 32.1 Å². The third kappa shape index (κ3) is 3.32. The van der Waals surface area contributed by atoms with Gasteiger partial charge >= 0.3 is 0 Å². The van der Waals surface area contributed by atoms with Crippen LogP contribution in [0.3, 0.4) is 0 Å². The van der Waals surface area contributed by atoms with Crippen LogP contribution in [0, 0.1) is 0 Å². The maximum absolute atomic E-state index is 5.86. The summed E-state index contributed by atoms with van der Waals surface area (Å²) in [7, 11) is 0. The highest BCUT2D eigenvalue weighted by molar-refractivity contribution is 5.51. The maximum atomic E-state index is 5.86. The number of fused-ring (bicyclic) bond motifs is 1. The molecule has 0 amide bonds. The Bertz CT molecular complexity index is 812. The Hall–Kier alpha value is -2.62. The quantitative estimate of drug-likeness (QED) is 0.705. The van der Waals surface area contributed by atoms with Crippen LogP contribution in [-0.4, -0.2) is 16.8 Å². The Labute approximate surface area is 141 Å². The molecule has 4 rings (SSSR count). The second kappa shape index (κ2) is 6.87. The highest BCUT2D eigenvalue weighted by Gasteiger charge is 2.11. The summed E-state index contributed by atoms with van der Waals surface area (Å²) in [5.74, 6) is 2.09. The molecule has 1 aliphatic carbocycles. The molecule has 0 saturated heterocycles. The number of ether oxygens (including phenoxy) is 1. The lowest BCUT2D eigenvalue weighted by Gasteiger charge is -2.16. The van der Waals surface area contributed by atoms with Crippen LogP contribution < -0.4 is 4.74 Å². The van der Waals surface area contributed by atoms with Gasteiger partial charge in [0.05, 0.1) is 13.0 Å². The molecule has 0 radical (unpaired) electrons. The van der Waals surface area contributed by atoms with Gasteiger partial charge in [-0.1, -0.05) is 24.3 Å². The minimum Gasteiger partial charge on any atom is -0.493 e. The number of benzene rings is 2. The standard InChI is InChI=1S/C20H20N2O2/c1-2-7-16(8-3-1)20-22-21-19(24-20)12-13-23-18-11-10-15-6-4-5-9-17(15)14-18/h1-3,7-8,10-11,14H,4-6,9,12-13H2. The van der Waals surface area contributed by atoms with Crippen molar-refractivity contribution in [1.29, 1.82) is 0 Å². The first-order valence-electron chi connectivity index (χ1n) is 8.51. The molecule has 3 aromatic rings. The largest absolute Gasteiger partial charge is 0.493 e. The van der Waals surface area contributed by atoms with E-state index in [1.54, 1.807) is 0 Å². The van der Waals surface area contributed by atoms with Crippen molar-refractivity contribution in [3.8, 4) is 17.2 Å². The normalized spacial score (nSPS) is 13.5. The van der Waals surface area contributed by atoms with Gasteiger partial charge in [-0.25, -0.2) is 0 Å². The maximum Gasteiger partial charge on any atom is 0.247 e. The number of aryl methyl sites for hydroxylation is 2. The summed E-state index contributed by atoms with van der Waals surface area (Å²) in [6.45, 7) is 0.537. The van der Waals surface area contributed by atoms with Gasteiger partial charge in [0.1, 0.15) is 5.75 Å². The van der Waals surface area contributed by atoms with Crippen molar-refractivity contribution < 1.29 is 9.15 Å². The molecule has 1 heterocycles. The van der Waals surface area contributed by atoms with Gasteiger partial charge in [-0.3, -0.25) is 0 Å². The zero-order chi connectivity index (χ0) is 16.2. The van der Waals surface area contributed by atoms with E-state index < -0.39 is 0 Å². The predicted molar refractivity (Wildman–Crippen MR) is 92.0 cm³/mol. The highest BCUT2D eigenvalue weighted by atomic mass is 16.5. The monoisotopic (exact) mass is 320 g/mol. The van der Waals surface area contributed by atoms with E-state index in [1.165, 1.54) is 30.4 Å². The van der Waals surface area contributed by atoms with E-state index in [0.29, 0.717) is 24.8 Å². The van der Waals surface area contributed by atoms with Crippen molar-refractivity contribution in [2.24, 2.45) is 0 Å². The molecule has 122 valence electrons. The molecule has 0 fully saturated rings. The van der Waals surface area contributed by atoms with Crippen molar-refractivity contribution in [2.75, 3.05) is 6.61 Å². The molecule has 0 atom stereocenters. The van der Waals surface area contributed by atoms with E-state index in [0.717, 1.165) is 17.7 Å². The lowest BCUT2D eigenvalue weighted by Crippen LogP contribution is -2.05. The summed E-state index contributed by atoms with van der Waals surface area (Å²) < 4.78 is 11.6. The molecule has 0 spiro atoms. The van der Waals surface area contributed by atoms with Crippen LogP contribution >= 0.6 is 0 Å². The molecule has 0 unspecified atom stereocenters. The molecule has 1 aromatic heterocycles. The van der Waals surface area contributed by atoms with Crippen LogP contribution in [0.15, 0.2) is 52.9 Å². The fourth-order valence-electron chi connectivity index (χ4n) is 3.11. The van der Waals surface area contributed by atoms with Crippen molar-refractivity contribution >= 4 is 0 Å². The number of hydrogen-bond donors (Lipinski definition) is 0. The van der Waals surface area contributed by atoms with Crippen LogP contribution in [0.4, 0.5) is 0 Å². The van der Waals surface area contributed by atoms with Crippen molar-refractivity contribution in [3.05, 3.63) is 65.5 Å². The second-order valence-corrected chi connectivity index (χ2v) is 6.10. The molecule has 0 aliphatic heterocycles. The Morgan fingerprint density at radius 2 is 1.75 bits per heavy atom. The predicted octanol–water partition coefficient (Wildman–Crippen LogP) is 4.24. The highest BCUT2D eigenvalue weighted by Crippen LogP contribution is 2.25. The van der Waals surface area contributed by atoms with E-state index in [2.05, 4.69) is 28.4 Å². The van der Waals surface area contributed by atoms with Crippen LogP contribution in [-0.2, 0) is 19.3 Å². The molecule has 0 N–H and O–H groups in total. The summed E-state index contributed by atoms with van der Waals surface area (Å²) in [5.41, 5.74) is 3.84. The minimum atomic E-state index is 0.537. The van der Waals surface area contributed by atoms with Crippen LogP contribution in [0.25, 0.3) is 11.5 Å². The first kappa shape index (κ1) is 14.9. The van der Waals surface area contributed by atoms with Crippen LogP contribution in [0.2, 0.25) is 0 Å². The Morgan fingerprint density at radius 3 is 2.62 bits per heavy atom. The molecule has 0 saturated carbocycles. The van der Waals surface area contributed by atoms with Gasteiger partial charge in [-0.15, -0.1) is 10.2 Å². The van der Waals surface area contributed by atoms with E-state index >= 15 is 0 Å². The lowest BCUT2D eigenvalue weighted by molar-refractivity contribution is 0.306. The minimum absolute atomic E-state index is 0.537. The van der Waals surface area contributed by atoms with E-state index in [1.807, 2.05) is 30.3 Å². The van der Waals surface area contributed by atoms with Gasteiger partial charge in [0, 0.05) is 5.56 Å². The molecular weight excluding hydrogens is 300 g/mol. The Kier molecular flexibility index (Phi) is 4.28. The zero-order valence-corrected chi connectivity index (χ0v) is 13.6. The van der Waals surface area contributed by atoms with E-state index in [-0.39, 0.29) is 0 Å². The van der Waals surface area contributed by atoms with Gasteiger partial charge in [0.25, 0.3) is 0 Å². The van der Waals surface area contributed by atoms with Gasteiger partial charge in [-0.05, 0) is 61.1 Å². The average Bonchev–Trinajstić information content (AvgIpc) is 3.11. The summed E-state index contributed by atoms with van der Waals surface area (Å²) in [6.07, 6.45) is 5.54. The number of nitrogens with zero attached hydrogens (tertiary/aromatic N) is 2. The summed E-state index contributed by atoms with van der Waals surface area (Å²) in [5, 5.41) is 8.19.